The van der Waals surface area contributed by atoms with Crippen LogP contribution in [0, 0.1) is 5.92 Å². The number of carbonyl (C=O) groups is 1. The van der Waals surface area contributed by atoms with E-state index in [-0.39, 0.29) is 5.91 Å². The van der Waals surface area contributed by atoms with Crippen LogP contribution in [0.25, 0.3) is 0 Å². The van der Waals surface area contributed by atoms with Crippen LogP contribution < -0.4 is 10.1 Å². The van der Waals surface area contributed by atoms with Crippen LogP contribution in [0.15, 0.2) is 24.3 Å². The van der Waals surface area contributed by atoms with Crippen molar-refractivity contribution in [3.05, 3.63) is 29.8 Å². The van der Waals surface area contributed by atoms with E-state index in [1.165, 1.54) is 0 Å². The van der Waals surface area contributed by atoms with Gasteiger partial charge in [-0.05, 0) is 50.6 Å². The molecule has 0 aromatic heterocycles. The van der Waals surface area contributed by atoms with Crippen LogP contribution in [0.5, 0.6) is 5.75 Å². The van der Waals surface area contributed by atoms with Gasteiger partial charge in [0.25, 0.3) is 5.91 Å². The number of likely N-dealkylation sites (tertiary alicyclic amines) is 1. The first kappa shape index (κ1) is 17.8. The normalized spacial score (nSPS) is 15.7. The topological polar surface area (TPSA) is 50.8 Å². The van der Waals surface area contributed by atoms with Crippen LogP contribution in [0.3, 0.4) is 0 Å². The fourth-order valence-corrected chi connectivity index (χ4v) is 2.92. The molecule has 0 radical (unpaired) electrons. The quantitative estimate of drug-likeness (QED) is 0.746. The number of piperidine rings is 1. The number of carbonyl (C=O) groups excluding carboxylic acids is 1. The zero-order valence-corrected chi connectivity index (χ0v) is 14.2. The Kier molecular flexibility index (Phi) is 7.36. The van der Waals surface area contributed by atoms with Gasteiger partial charge in [-0.25, -0.2) is 0 Å². The van der Waals surface area contributed by atoms with Gasteiger partial charge in [0.2, 0.25) is 0 Å². The van der Waals surface area contributed by atoms with E-state index in [9.17, 15) is 4.79 Å². The minimum atomic E-state index is 0.107. The molecule has 0 spiro atoms. The maximum atomic E-state index is 12.6. The summed E-state index contributed by atoms with van der Waals surface area (Å²) in [7, 11) is 3.66. The average Bonchev–Trinajstić information content (AvgIpc) is 2.59. The molecule has 1 heterocycles. The molecule has 0 bridgehead atoms. The predicted octanol–water partition coefficient (Wildman–Crippen LogP) is 2.17. The molecular formula is C18H28N2O3. The number of nitrogens with one attached hydrogen (secondary N) is 1. The lowest BCUT2D eigenvalue weighted by atomic mass is 9.96. The Bertz CT molecular complexity index is 485. The lowest BCUT2D eigenvalue weighted by Gasteiger charge is -2.32. The number of methoxy groups -OCH3 is 1. The molecule has 1 aliphatic rings. The number of nitrogens with zero attached hydrogens (tertiary/aromatic N) is 1. The number of ether oxygens (including phenoxy) is 2. The van der Waals surface area contributed by atoms with E-state index >= 15 is 0 Å². The second-order valence-corrected chi connectivity index (χ2v) is 6.02. The van der Waals surface area contributed by atoms with Crippen molar-refractivity contribution < 1.29 is 14.3 Å². The van der Waals surface area contributed by atoms with Crippen LogP contribution >= 0.6 is 0 Å². The fraction of sp³-hybridized carbons (Fsp3) is 0.611. The van der Waals surface area contributed by atoms with Crippen LogP contribution in [0.2, 0.25) is 0 Å². The van der Waals surface area contributed by atoms with E-state index in [2.05, 4.69) is 5.32 Å². The van der Waals surface area contributed by atoms with Gasteiger partial charge >= 0.3 is 0 Å². The lowest BCUT2D eigenvalue weighted by molar-refractivity contribution is 0.0690. The Morgan fingerprint density at radius 1 is 1.30 bits per heavy atom. The maximum Gasteiger partial charge on any atom is 0.253 e. The second-order valence-electron chi connectivity index (χ2n) is 6.02. The summed E-state index contributed by atoms with van der Waals surface area (Å²) in [5.74, 6) is 1.53. The molecular weight excluding hydrogens is 292 g/mol. The first-order valence-corrected chi connectivity index (χ1v) is 8.40. The highest BCUT2D eigenvalue weighted by Crippen LogP contribution is 2.20. The third-order valence-corrected chi connectivity index (χ3v) is 4.24. The number of benzene rings is 1. The summed E-state index contributed by atoms with van der Waals surface area (Å²) < 4.78 is 10.7. The smallest absolute Gasteiger partial charge is 0.253 e. The van der Waals surface area contributed by atoms with Crippen molar-refractivity contribution >= 4 is 5.91 Å². The third kappa shape index (κ3) is 5.52. The summed E-state index contributed by atoms with van der Waals surface area (Å²) >= 11 is 0. The molecule has 1 N–H and O–H groups in total. The minimum absolute atomic E-state index is 0.107. The van der Waals surface area contributed by atoms with Gasteiger partial charge in [0, 0.05) is 38.8 Å². The standard InChI is InChI=1S/C18H28N2O3/c1-19-14-15-7-9-20(10-8-15)18(21)16-5-3-6-17(13-16)23-12-4-11-22-2/h3,5-6,13,15,19H,4,7-12,14H2,1-2H3. The number of rotatable bonds is 8. The Labute approximate surface area is 139 Å². The van der Waals surface area contributed by atoms with E-state index in [4.69, 9.17) is 9.47 Å². The van der Waals surface area contributed by atoms with Crippen molar-refractivity contribution in [2.75, 3.05) is 47.0 Å². The van der Waals surface area contributed by atoms with E-state index in [1.54, 1.807) is 7.11 Å². The summed E-state index contributed by atoms with van der Waals surface area (Å²) in [6.45, 7) is 3.99. The van der Waals surface area contributed by atoms with E-state index in [0.717, 1.165) is 44.6 Å². The van der Waals surface area contributed by atoms with Crippen molar-refractivity contribution in [2.45, 2.75) is 19.3 Å². The summed E-state index contributed by atoms with van der Waals surface area (Å²) in [6, 6.07) is 7.48. The molecule has 0 saturated carbocycles. The van der Waals surface area contributed by atoms with Gasteiger partial charge in [0.15, 0.2) is 0 Å². The van der Waals surface area contributed by atoms with E-state index in [1.807, 2.05) is 36.2 Å². The lowest BCUT2D eigenvalue weighted by Crippen LogP contribution is -2.40. The Morgan fingerprint density at radius 2 is 2.09 bits per heavy atom. The highest BCUT2D eigenvalue weighted by Gasteiger charge is 2.23. The molecule has 1 aliphatic heterocycles. The molecule has 2 rings (SSSR count). The van der Waals surface area contributed by atoms with Crippen LogP contribution in [0.1, 0.15) is 29.6 Å². The highest BCUT2D eigenvalue weighted by molar-refractivity contribution is 5.94. The number of amides is 1. The molecule has 1 amide bonds. The van der Waals surface area contributed by atoms with Crippen LogP contribution in [-0.4, -0.2) is 57.8 Å². The Hall–Kier alpha value is -1.59. The van der Waals surface area contributed by atoms with Gasteiger partial charge in [-0.3, -0.25) is 4.79 Å². The van der Waals surface area contributed by atoms with Gasteiger partial charge in [0.1, 0.15) is 5.75 Å². The van der Waals surface area contributed by atoms with Crippen molar-refractivity contribution in [1.29, 1.82) is 0 Å². The molecule has 128 valence electrons. The molecule has 23 heavy (non-hydrogen) atoms. The Morgan fingerprint density at radius 3 is 2.78 bits per heavy atom. The second kappa shape index (κ2) is 9.53. The zero-order chi connectivity index (χ0) is 16.5. The molecule has 0 unspecified atom stereocenters. The molecule has 1 aromatic carbocycles. The van der Waals surface area contributed by atoms with Crippen molar-refractivity contribution in [3.8, 4) is 5.75 Å². The predicted molar refractivity (Wildman–Crippen MR) is 91.0 cm³/mol. The summed E-state index contributed by atoms with van der Waals surface area (Å²) in [5.41, 5.74) is 0.710. The molecule has 5 nitrogen and oxygen atoms in total. The van der Waals surface area contributed by atoms with Crippen LogP contribution in [0.4, 0.5) is 0 Å². The van der Waals surface area contributed by atoms with E-state index in [0.29, 0.717) is 24.7 Å². The summed E-state index contributed by atoms with van der Waals surface area (Å²) in [6.07, 6.45) is 2.98. The molecule has 1 aromatic rings. The van der Waals surface area contributed by atoms with Crippen molar-refractivity contribution in [2.24, 2.45) is 5.92 Å². The first-order valence-electron chi connectivity index (χ1n) is 8.40. The SMILES string of the molecule is CNCC1CCN(C(=O)c2cccc(OCCCOC)c2)CC1. The fourth-order valence-electron chi connectivity index (χ4n) is 2.92. The van der Waals surface area contributed by atoms with Crippen molar-refractivity contribution in [1.82, 2.24) is 10.2 Å². The van der Waals surface area contributed by atoms with Crippen LogP contribution in [-0.2, 0) is 4.74 Å². The molecule has 1 saturated heterocycles. The summed E-state index contributed by atoms with van der Waals surface area (Å²) in [5, 5.41) is 3.22. The van der Waals surface area contributed by atoms with Crippen molar-refractivity contribution in [3.63, 3.8) is 0 Å². The van der Waals surface area contributed by atoms with Gasteiger partial charge < -0.3 is 19.7 Å². The third-order valence-electron chi connectivity index (χ3n) is 4.24. The molecule has 5 heteroatoms. The monoisotopic (exact) mass is 320 g/mol. The minimum Gasteiger partial charge on any atom is -0.493 e. The number of hydrogen-bond donors (Lipinski definition) is 1. The number of hydrogen-bond acceptors (Lipinski definition) is 4. The van der Waals surface area contributed by atoms with E-state index < -0.39 is 0 Å². The summed E-state index contributed by atoms with van der Waals surface area (Å²) in [4.78, 5) is 14.6. The average molecular weight is 320 g/mol. The van der Waals surface area contributed by atoms with Gasteiger partial charge in [-0.15, -0.1) is 0 Å². The Balaban J connectivity index is 1.87. The van der Waals surface area contributed by atoms with Gasteiger partial charge in [-0.1, -0.05) is 6.07 Å². The van der Waals surface area contributed by atoms with Gasteiger partial charge in [-0.2, -0.15) is 0 Å². The maximum absolute atomic E-state index is 12.6. The molecule has 0 aliphatic carbocycles. The van der Waals surface area contributed by atoms with Gasteiger partial charge in [0.05, 0.1) is 6.61 Å². The first-order chi connectivity index (χ1) is 11.2. The highest BCUT2D eigenvalue weighted by atomic mass is 16.5. The molecule has 1 fully saturated rings. The zero-order valence-electron chi connectivity index (χ0n) is 14.2. The molecule has 0 atom stereocenters. The largest absolute Gasteiger partial charge is 0.493 e.